The van der Waals surface area contributed by atoms with Crippen LogP contribution in [0.4, 0.5) is 5.69 Å². The summed E-state index contributed by atoms with van der Waals surface area (Å²) in [5.41, 5.74) is 2.34. The molecule has 1 aliphatic rings. The van der Waals surface area contributed by atoms with E-state index in [0.717, 1.165) is 50.5 Å². The van der Waals surface area contributed by atoms with E-state index in [1.54, 1.807) is 0 Å². The molecule has 0 unspecified atom stereocenters. The van der Waals surface area contributed by atoms with Gasteiger partial charge in [-0.3, -0.25) is 4.79 Å². The molecule has 2 aromatic carbocycles. The van der Waals surface area contributed by atoms with Crippen LogP contribution >= 0.6 is 0 Å². The molecule has 2 aromatic rings. The highest BCUT2D eigenvalue weighted by Gasteiger charge is 2.31. The maximum absolute atomic E-state index is 13.0. The Morgan fingerprint density at radius 1 is 1.07 bits per heavy atom. The minimum Gasteiger partial charge on any atom is -0.492 e. The molecule has 2 N–H and O–H groups in total. The van der Waals surface area contributed by atoms with Crippen molar-refractivity contribution in [2.45, 2.75) is 45.7 Å². The van der Waals surface area contributed by atoms with Gasteiger partial charge in [0.05, 0.1) is 44.5 Å². The first kappa shape index (κ1) is 22.2. The van der Waals surface area contributed by atoms with Crippen LogP contribution in [-0.2, 0) is 4.79 Å². The molecule has 0 radical (unpaired) electrons. The van der Waals surface area contributed by atoms with Crippen LogP contribution < -0.4 is 19.9 Å². The third-order valence-electron chi connectivity index (χ3n) is 6.01. The summed E-state index contributed by atoms with van der Waals surface area (Å²) >= 11 is 0. The fraction of sp³-hybridized carbons (Fsp3) is 0.480. The summed E-state index contributed by atoms with van der Waals surface area (Å²) in [4.78, 5) is 16.8. The minimum absolute atomic E-state index is 0.0580. The summed E-state index contributed by atoms with van der Waals surface area (Å²) in [5.74, 6) is 1.09. The molecule has 3 rings (SSSR count). The Bertz CT molecular complexity index is 788. The second-order valence-corrected chi connectivity index (χ2v) is 8.03. The average Bonchev–Trinajstić information content (AvgIpc) is 2.79. The molecule has 1 heterocycles. The number of nitrogens with one attached hydrogen (secondary N) is 2. The van der Waals surface area contributed by atoms with Crippen molar-refractivity contribution < 1.29 is 14.4 Å². The largest absolute Gasteiger partial charge is 0.492 e. The first-order valence-corrected chi connectivity index (χ1v) is 11.3. The van der Waals surface area contributed by atoms with Crippen molar-refractivity contribution in [3.8, 4) is 5.75 Å². The van der Waals surface area contributed by atoms with Gasteiger partial charge in [0, 0.05) is 0 Å². The van der Waals surface area contributed by atoms with Crippen molar-refractivity contribution in [2.75, 3.05) is 37.7 Å². The van der Waals surface area contributed by atoms with Gasteiger partial charge >= 0.3 is 0 Å². The molecule has 162 valence electrons. The van der Waals surface area contributed by atoms with Gasteiger partial charge < -0.3 is 19.9 Å². The summed E-state index contributed by atoms with van der Waals surface area (Å²) in [5, 5.41) is 3.31. The van der Waals surface area contributed by atoms with E-state index in [4.69, 9.17) is 4.74 Å². The van der Waals surface area contributed by atoms with E-state index in [1.165, 1.54) is 10.5 Å². The number of carbonyl (C=O) groups excluding carboxylic acids is 1. The summed E-state index contributed by atoms with van der Waals surface area (Å²) in [7, 11) is 0. The molecule has 1 aliphatic heterocycles. The quantitative estimate of drug-likeness (QED) is 0.668. The number of piperazine rings is 1. The molecular weight excluding hydrogens is 374 g/mol. The Kier molecular flexibility index (Phi) is 8.14. The SMILES string of the molecule is CCC[C@@H](NC(=O)[C@@H](C)[NH+]1CCN(c2ccccc2OCC)CC1)c1ccccc1. The van der Waals surface area contributed by atoms with E-state index in [-0.39, 0.29) is 18.0 Å². The highest BCUT2D eigenvalue weighted by molar-refractivity contribution is 5.80. The van der Waals surface area contributed by atoms with Gasteiger partial charge in [0.2, 0.25) is 0 Å². The molecular formula is C25H36N3O2+. The van der Waals surface area contributed by atoms with E-state index < -0.39 is 0 Å². The lowest BCUT2D eigenvalue weighted by atomic mass is 10.0. The van der Waals surface area contributed by atoms with Crippen molar-refractivity contribution in [1.29, 1.82) is 0 Å². The van der Waals surface area contributed by atoms with Gasteiger partial charge in [-0.25, -0.2) is 0 Å². The van der Waals surface area contributed by atoms with Crippen LogP contribution in [0.1, 0.15) is 45.2 Å². The Morgan fingerprint density at radius 2 is 1.73 bits per heavy atom. The zero-order valence-corrected chi connectivity index (χ0v) is 18.6. The monoisotopic (exact) mass is 410 g/mol. The fourth-order valence-corrected chi connectivity index (χ4v) is 4.24. The van der Waals surface area contributed by atoms with Crippen molar-refractivity contribution >= 4 is 11.6 Å². The molecule has 1 saturated heterocycles. The van der Waals surface area contributed by atoms with Gasteiger partial charge in [-0.05, 0) is 38.0 Å². The number of hydrogen-bond donors (Lipinski definition) is 2. The molecule has 5 heteroatoms. The van der Waals surface area contributed by atoms with Crippen LogP contribution in [-0.4, -0.2) is 44.7 Å². The molecule has 1 fully saturated rings. The molecule has 0 aliphatic carbocycles. The fourth-order valence-electron chi connectivity index (χ4n) is 4.24. The summed E-state index contributed by atoms with van der Waals surface area (Å²) in [6, 6.07) is 18.6. The van der Waals surface area contributed by atoms with Crippen LogP contribution in [0, 0.1) is 0 Å². The topological polar surface area (TPSA) is 46.0 Å². The number of anilines is 1. The highest BCUT2D eigenvalue weighted by Crippen LogP contribution is 2.27. The lowest BCUT2D eigenvalue weighted by molar-refractivity contribution is -0.914. The van der Waals surface area contributed by atoms with E-state index >= 15 is 0 Å². The van der Waals surface area contributed by atoms with Gasteiger partial charge in [-0.2, -0.15) is 0 Å². The molecule has 0 aromatic heterocycles. The smallest absolute Gasteiger partial charge is 0.278 e. The first-order valence-electron chi connectivity index (χ1n) is 11.3. The molecule has 5 nitrogen and oxygen atoms in total. The minimum atomic E-state index is -0.0580. The summed E-state index contributed by atoms with van der Waals surface area (Å²) in [6.07, 6.45) is 2.00. The Hall–Kier alpha value is -2.53. The summed E-state index contributed by atoms with van der Waals surface area (Å²) in [6.45, 7) is 10.6. The Balaban J connectivity index is 1.58. The number of rotatable bonds is 9. The van der Waals surface area contributed by atoms with Crippen LogP contribution in [0.25, 0.3) is 0 Å². The predicted octanol–water partition coefficient (Wildman–Crippen LogP) is 2.84. The zero-order valence-electron chi connectivity index (χ0n) is 18.6. The third-order valence-corrected chi connectivity index (χ3v) is 6.01. The van der Waals surface area contributed by atoms with Crippen molar-refractivity contribution in [1.82, 2.24) is 5.32 Å². The van der Waals surface area contributed by atoms with Crippen molar-refractivity contribution in [2.24, 2.45) is 0 Å². The van der Waals surface area contributed by atoms with E-state index in [9.17, 15) is 4.79 Å². The number of amides is 1. The molecule has 0 saturated carbocycles. The van der Waals surface area contributed by atoms with E-state index in [2.05, 4.69) is 48.3 Å². The Labute approximate surface area is 181 Å². The first-order chi connectivity index (χ1) is 14.6. The number of carbonyl (C=O) groups is 1. The molecule has 1 amide bonds. The standard InChI is InChI=1S/C25H35N3O2/c1-4-11-22(21-12-7-6-8-13-21)26-25(29)20(3)27-16-18-28(19-17-27)23-14-9-10-15-24(23)30-5-2/h6-10,12-15,20,22H,4-5,11,16-19H2,1-3H3,(H,26,29)/p+1/t20-,22-/m1/s1. The number of para-hydroxylation sites is 2. The van der Waals surface area contributed by atoms with Crippen LogP contribution in [0.3, 0.4) is 0 Å². The lowest BCUT2D eigenvalue weighted by Gasteiger charge is -2.36. The van der Waals surface area contributed by atoms with Crippen molar-refractivity contribution in [3.63, 3.8) is 0 Å². The van der Waals surface area contributed by atoms with Gasteiger partial charge in [-0.1, -0.05) is 55.8 Å². The number of quaternary nitrogens is 1. The third kappa shape index (κ3) is 5.54. The summed E-state index contributed by atoms with van der Waals surface area (Å²) < 4.78 is 5.80. The number of benzene rings is 2. The van der Waals surface area contributed by atoms with Gasteiger partial charge in [0.15, 0.2) is 6.04 Å². The number of hydrogen-bond acceptors (Lipinski definition) is 3. The van der Waals surface area contributed by atoms with Crippen LogP contribution in [0.5, 0.6) is 5.75 Å². The average molecular weight is 411 g/mol. The Morgan fingerprint density at radius 3 is 2.40 bits per heavy atom. The molecule has 0 bridgehead atoms. The predicted molar refractivity (Wildman–Crippen MR) is 122 cm³/mol. The van der Waals surface area contributed by atoms with Gasteiger partial charge in [0.1, 0.15) is 5.75 Å². The zero-order chi connectivity index (χ0) is 21.3. The number of ether oxygens (including phenoxy) is 1. The number of nitrogens with zero attached hydrogens (tertiary/aromatic N) is 1. The highest BCUT2D eigenvalue weighted by atomic mass is 16.5. The molecule has 30 heavy (non-hydrogen) atoms. The van der Waals surface area contributed by atoms with Gasteiger partial charge in [0.25, 0.3) is 5.91 Å². The van der Waals surface area contributed by atoms with Gasteiger partial charge in [-0.15, -0.1) is 0 Å². The second kappa shape index (κ2) is 11.0. The lowest BCUT2D eigenvalue weighted by Crippen LogP contribution is -3.19. The second-order valence-electron chi connectivity index (χ2n) is 8.03. The van der Waals surface area contributed by atoms with E-state index in [0.29, 0.717) is 6.61 Å². The maximum atomic E-state index is 13.0. The van der Waals surface area contributed by atoms with Crippen molar-refractivity contribution in [3.05, 3.63) is 60.2 Å². The van der Waals surface area contributed by atoms with Crippen LogP contribution in [0.2, 0.25) is 0 Å². The van der Waals surface area contributed by atoms with Crippen LogP contribution in [0.15, 0.2) is 54.6 Å². The van der Waals surface area contributed by atoms with E-state index in [1.807, 2.05) is 37.3 Å². The molecule has 0 spiro atoms. The maximum Gasteiger partial charge on any atom is 0.278 e. The molecule has 2 atom stereocenters. The normalized spacial score (nSPS) is 16.7.